The van der Waals surface area contributed by atoms with Crippen molar-refractivity contribution in [2.24, 2.45) is 0 Å². The number of hydrogen-bond acceptors (Lipinski definition) is 7. The lowest BCUT2D eigenvalue weighted by molar-refractivity contribution is -0.384. The van der Waals surface area contributed by atoms with Crippen molar-refractivity contribution in [2.45, 2.75) is 12.0 Å². The molecule has 0 aliphatic carbocycles. The minimum absolute atomic E-state index is 0.101. The van der Waals surface area contributed by atoms with Crippen LogP contribution in [0.15, 0.2) is 12.1 Å². The van der Waals surface area contributed by atoms with Crippen LogP contribution >= 0.6 is 0 Å². The molecule has 0 spiro atoms. The molecule has 1 saturated heterocycles. The number of rotatable bonds is 6. The maximum atomic E-state index is 11.0. The second-order valence-electron chi connectivity index (χ2n) is 4.52. The van der Waals surface area contributed by atoms with Gasteiger partial charge in [0.25, 0.3) is 0 Å². The van der Waals surface area contributed by atoms with Crippen LogP contribution in [0.5, 0.6) is 5.88 Å². The number of nitrogens with one attached hydrogen (secondary N) is 1. The quantitative estimate of drug-likeness (QED) is 0.619. The summed E-state index contributed by atoms with van der Waals surface area (Å²) < 4.78 is 15.8. The monoisotopic (exact) mass is 283 g/mol. The molecular weight excluding hydrogens is 266 g/mol. The maximum absolute atomic E-state index is 11.0. The molecule has 8 heteroatoms. The van der Waals surface area contributed by atoms with E-state index in [1.54, 1.807) is 7.11 Å². The predicted molar refractivity (Wildman–Crippen MR) is 71.1 cm³/mol. The lowest BCUT2D eigenvalue weighted by atomic mass is 10.0. The molecule has 2 rings (SSSR count). The molecule has 0 saturated carbocycles. The van der Waals surface area contributed by atoms with E-state index in [-0.39, 0.29) is 11.5 Å². The molecule has 1 atom stereocenters. The van der Waals surface area contributed by atoms with Crippen LogP contribution in [0.4, 0.5) is 11.5 Å². The molecule has 20 heavy (non-hydrogen) atoms. The molecule has 1 unspecified atom stereocenters. The van der Waals surface area contributed by atoms with Gasteiger partial charge in [-0.15, -0.1) is 0 Å². The number of methoxy groups -OCH3 is 2. The van der Waals surface area contributed by atoms with E-state index in [1.165, 1.54) is 19.2 Å². The Balaban J connectivity index is 2.16. The molecule has 110 valence electrons. The molecule has 2 heterocycles. The molecule has 1 aromatic rings. The summed E-state index contributed by atoms with van der Waals surface area (Å²) in [7, 11) is 3.06. The van der Waals surface area contributed by atoms with Crippen molar-refractivity contribution in [2.75, 3.05) is 39.3 Å². The first-order valence-electron chi connectivity index (χ1n) is 6.16. The Morgan fingerprint density at radius 2 is 2.35 bits per heavy atom. The zero-order valence-electron chi connectivity index (χ0n) is 11.4. The van der Waals surface area contributed by atoms with Crippen molar-refractivity contribution in [1.29, 1.82) is 0 Å². The van der Waals surface area contributed by atoms with E-state index in [2.05, 4.69) is 10.3 Å². The molecule has 1 N–H and O–H groups in total. The third-order valence-corrected chi connectivity index (χ3v) is 3.33. The fourth-order valence-electron chi connectivity index (χ4n) is 2.03. The normalized spacial score (nSPS) is 21.7. The standard InChI is InChI=1S/C12H17N3O5/c1-18-10-4-3-9(15(16)17)11(14-10)13-7-12(19-2)5-6-20-8-12/h3-4H,5-8H2,1-2H3,(H,13,14). The average molecular weight is 283 g/mol. The van der Waals surface area contributed by atoms with Crippen molar-refractivity contribution in [3.05, 3.63) is 22.2 Å². The maximum Gasteiger partial charge on any atom is 0.311 e. The van der Waals surface area contributed by atoms with Crippen molar-refractivity contribution in [3.8, 4) is 5.88 Å². The van der Waals surface area contributed by atoms with E-state index in [1.807, 2.05) is 0 Å². The van der Waals surface area contributed by atoms with Gasteiger partial charge in [0.05, 0.1) is 18.6 Å². The molecule has 0 radical (unpaired) electrons. The van der Waals surface area contributed by atoms with Gasteiger partial charge in [-0.05, 0) is 0 Å². The van der Waals surface area contributed by atoms with Crippen LogP contribution in [0, 0.1) is 10.1 Å². The van der Waals surface area contributed by atoms with Gasteiger partial charge < -0.3 is 19.5 Å². The lowest BCUT2D eigenvalue weighted by Crippen LogP contribution is -2.39. The van der Waals surface area contributed by atoms with E-state index in [0.717, 1.165) is 6.42 Å². The van der Waals surface area contributed by atoms with Crippen molar-refractivity contribution in [1.82, 2.24) is 4.98 Å². The van der Waals surface area contributed by atoms with E-state index in [9.17, 15) is 10.1 Å². The zero-order chi connectivity index (χ0) is 14.6. The second kappa shape index (κ2) is 6.02. The van der Waals surface area contributed by atoms with Crippen LogP contribution in [-0.2, 0) is 9.47 Å². The Hall–Kier alpha value is -1.93. The Bertz CT molecular complexity index is 488. The van der Waals surface area contributed by atoms with Crippen LogP contribution < -0.4 is 10.1 Å². The first-order chi connectivity index (χ1) is 9.60. The van der Waals surface area contributed by atoms with Gasteiger partial charge in [0.1, 0.15) is 5.60 Å². The number of pyridine rings is 1. The molecule has 1 fully saturated rings. The lowest BCUT2D eigenvalue weighted by Gasteiger charge is -2.26. The molecule has 0 bridgehead atoms. The van der Waals surface area contributed by atoms with Crippen LogP contribution in [0.25, 0.3) is 0 Å². The summed E-state index contributed by atoms with van der Waals surface area (Å²) >= 11 is 0. The Kier molecular flexibility index (Phi) is 4.35. The molecule has 1 aliphatic heterocycles. The van der Waals surface area contributed by atoms with E-state index in [4.69, 9.17) is 14.2 Å². The Labute approximate surface area is 116 Å². The van der Waals surface area contributed by atoms with Gasteiger partial charge in [0.2, 0.25) is 11.7 Å². The summed E-state index contributed by atoms with van der Waals surface area (Å²) in [5, 5.41) is 14.0. The van der Waals surface area contributed by atoms with Crippen LogP contribution in [0.3, 0.4) is 0 Å². The fraction of sp³-hybridized carbons (Fsp3) is 0.583. The molecule has 0 aromatic carbocycles. The highest BCUT2D eigenvalue weighted by molar-refractivity contribution is 5.57. The van der Waals surface area contributed by atoms with Gasteiger partial charge in [0, 0.05) is 38.8 Å². The number of nitro groups is 1. The average Bonchev–Trinajstić information content (AvgIpc) is 2.94. The minimum atomic E-state index is -0.487. The fourth-order valence-corrected chi connectivity index (χ4v) is 2.03. The number of nitrogens with zero attached hydrogens (tertiary/aromatic N) is 2. The molecule has 1 aliphatic rings. The largest absolute Gasteiger partial charge is 0.481 e. The summed E-state index contributed by atoms with van der Waals surface area (Å²) in [6, 6.07) is 2.81. The van der Waals surface area contributed by atoms with Crippen LogP contribution in [0.1, 0.15) is 6.42 Å². The van der Waals surface area contributed by atoms with Crippen molar-refractivity contribution < 1.29 is 19.1 Å². The van der Waals surface area contributed by atoms with Gasteiger partial charge in [0.15, 0.2) is 0 Å². The number of aromatic nitrogens is 1. The Morgan fingerprint density at radius 3 is 2.90 bits per heavy atom. The minimum Gasteiger partial charge on any atom is -0.481 e. The third-order valence-electron chi connectivity index (χ3n) is 3.33. The Morgan fingerprint density at radius 1 is 1.55 bits per heavy atom. The smallest absolute Gasteiger partial charge is 0.311 e. The number of anilines is 1. The molecule has 8 nitrogen and oxygen atoms in total. The van der Waals surface area contributed by atoms with Gasteiger partial charge in [-0.25, -0.2) is 0 Å². The van der Waals surface area contributed by atoms with Gasteiger partial charge >= 0.3 is 5.69 Å². The molecule has 0 amide bonds. The van der Waals surface area contributed by atoms with Crippen molar-refractivity contribution >= 4 is 11.5 Å². The highest BCUT2D eigenvalue weighted by atomic mass is 16.6. The first kappa shape index (κ1) is 14.5. The third kappa shape index (κ3) is 2.97. The number of ether oxygens (including phenoxy) is 3. The van der Waals surface area contributed by atoms with Gasteiger partial charge in [-0.2, -0.15) is 4.98 Å². The highest BCUT2D eigenvalue weighted by Gasteiger charge is 2.35. The molecule has 1 aromatic heterocycles. The van der Waals surface area contributed by atoms with Gasteiger partial charge in [-0.3, -0.25) is 10.1 Å². The van der Waals surface area contributed by atoms with Crippen molar-refractivity contribution in [3.63, 3.8) is 0 Å². The van der Waals surface area contributed by atoms with E-state index >= 15 is 0 Å². The summed E-state index contributed by atoms with van der Waals surface area (Å²) in [5.41, 5.74) is -0.575. The SMILES string of the molecule is COc1ccc([N+](=O)[O-])c(NCC2(OC)CCOC2)n1. The van der Waals surface area contributed by atoms with Gasteiger partial charge in [-0.1, -0.05) is 0 Å². The highest BCUT2D eigenvalue weighted by Crippen LogP contribution is 2.28. The summed E-state index contributed by atoms with van der Waals surface area (Å²) in [5.74, 6) is 0.477. The summed E-state index contributed by atoms with van der Waals surface area (Å²) in [4.78, 5) is 14.6. The summed E-state index contributed by atoms with van der Waals surface area (Å²) in [6.45, 7) is 1.45. The molecular formula is C12H17N3O5. The van der Waals surface area contributed by atoms with Crippen LogP contribution in [0.2, 0.25) is 0 Å². The zero-order valence-corrected chi connectivity index (χ0v) is 11.4. The summed E-state index contributed by atoms with van der Waals surface area (Å²) in [6.07, 6.45) is 0.730. The number of hydrogen-bond donors (Lipinski definition) is 1. The topological polar surface area (TPSA) is 95.8 Å². The van der Waals surface area contributed by atoms with E-state index in [0.29, 0.717) is 25.6 Å². The van der Waals surface area contributed by atoms with Crippen LogP contribution in [-0.4, -0.2) is 49.5 Å². The predicted octanol–water partition coefficient (Wildman–Crippen LogP) is 1.22. The first-order valence-corrected chi connectivity index (χ1v) is 6.16. The van der Waals surface area contributed by atoms with E-state index < -0.39 is 10.5 Å². The second-order valence-corrected chi connectivity index (χ2v) is 4.52.